The number of pyridine rings is 1. The molecule has 2 aromatic heterocycles. The SMILES string of the molecule is CCOP(=O)(OCC)c1c(N)oc2c1c(=O)[nH]c1ccccc12. The van der Waals surface area contributed by atoms with E-state index in [2.05, 4.69) is 4.98 Å². The van der Waals surface area contributed by atoms with Crippen LogP contribution in [0.2, 0.25) is 0 Å². The molecule has 1 aromatic carbocycles. The summed E-state index contributed by atoms with van der Waals surface area (Å²) in [5, 5.41) is 0.759. The lowest BCUT2D eigenvalue weighted by molar-refractivity contribution is 0.230. The first-order chi connectivity index (χ1) is 11.0. The van der Waals surface area contributed by atoms with Crippen LogP contribution in [0, 0.1) is 0 Å². The Morgan fingerprint density at radius 2 is 1.87 bits per heavy atom. The Balaban J connectivity index is 2.43. The number of nitrogen functional groups attached to an aromatic ring is 1. The average molecular weight is 336 g/mol. The average Bonchev–Trinajstić information content (AvgIpc) is 2.86. The van der Waals surface area contributed by atoms with Crippen molar-refractivity contribution in [2.45, 2.75) is 13.8 Å². The zero-order valence-corrected chi connectivity index (χ0v) is 13.7. The van der Waals surface area contributed by atoms with Crippen LogP contribution in [0.5, 0.6) is 0 Å². The van der Waals surface area contributed by atoms with E-state index < -0.39 is 13.2 Å². The van der Waals surface area contributed by atoms with Gasteiger partial charge in [0.15, 0.2) is 5.58 Å². The molecule has 0 atom stereocenters. The second kappa shape index (κ2) is 5.85. The Morgan fingerprint density at radius 3 is 2.52 bits per heavy atom. The maximum Gasteiger partial charge on any atom is 0.367 e. The van der Waals surface area contributed by atoms with E-state index in [0.29, 0.717) is 10.9 Å². The number of benzene rings is 1. The number of para-hydroxylation sites is 1. The van der Waals surface area contributed by atoms with Gasteiger partial charge < -0.3 is 24.2 Å². The fraction of sp³-hybridized carbons (Fsp3) is 0.267. The van der Waals surface area contributed by atoms with Crippen LogP contribution in [-0.2, 0) is 13.6 Å². The van der Waals surface area contributed by atoms with Crippen molar-refractivity contribution in [3.63, 3.8) is 0 Å². The Kier molecular flexibility index (Phi) is 4.02. The van der Waals surface area contributed by atoms with Gasteiger partial charge in [0.2, 0.25) is 5.88 Å². The van der Waals surface area contributed by atoms with E-state index in [9.17, 15) is 9.36 Å². The van der Waals surface area contributed by atoms with Gasteiger partial charge in [0.1, 0.15) is 10.7 Å². The molecule has 0 saturated heterocycles. The van der Waals surface area contributed by atoms with Crippen LogP contribution in [0.3, 0.4) is 0 Å². The largest absolute Gasteiger partial charge is 0.439 e. The molecule has 3 N–H and O–H groups in total. The third-order valence-corrected chi connectivity index (χ3v) is 5.62. The number of nitrogens with two attached hydrogens (primary N) is 1. The number of fused-ring (bicyclic) bond motifs is 3. The van der Waals surface area contributed by atoms with Gasteiger partial charge in [0.25, 0.3) is 5.56 Å². The summed E-state index contributed by atoms with van der Waals surface area (Å²) in [5.74, 6) is -0.132. The smallest absolute Gasteiger partial charge is 0.367 e. The Labute approximate surface area is 131 Å². The molecule has 3 aromatic rings. The number of hydrogen-bond acceptors (Lipinski definition) is 6. The molecule has 0 bridgehead atoms. The molecule has 2 heterocycles. The van der Waals surface area contributed by atoms with E-state index >= 15 is 0 Å². The Morgan fingerprint density at radius 1 is 1.22 bits per heavy atom. The number of hydrogen-bond donors (Lipinski definition) is 2. The number of nitrogens with one attached hydrogen (secondary N) is 1. The van der Waals surface area contributed by atoms with Gasteiger partial charge in [0, 0.05) is 5.39 Å². The minimum atomic E-state index is -3.75. The lowest BCUT2D eigenvalue weighted by atomic mass is 10.2. The minimum absolute atomic E-state index is 0.0109. The highest BCUT2D eigenvalue weighted by atomic mass is 31.2. The quantitative estimate of drug-likeness (QED) is 0.694. The Bertz CT molecular complexity index is 965. The second-order valence-corrected chi connectivity index (χ2v) is 6.81. The van der Waals surface area contributed by atoms with Gasteiger partial charge >= 0.3 is 7.60 Å². The summed E-state index contributed by atoms with van der Waals surface area (Å²) in [4.78, 5) is 15.2. The van der Waals surface area contributed by atoms with E-state index in [-0.39, 0.29) is 35.4 Å². The molecule has 122 valence electrons. The van der Waals surface area contributed by atoms with E-state index in [0.717, 1.165) is 0 Å². The van der Waals surface area contributed by atoms with Crippen molar-refractivity contribution in [3.8, 4) is 0 Å². The molecule has 0 radical (unpaired) electrons. The van der Waals surface area contributed by atoms with Crippen molar-refractivity contribution >= 4 is 40.7 Å². The van der Waals surface area contributed by atoms with Gasteiger partial charge in [-0.2, -0.15) is 0 Å². The van der Waals surface area contributed by atoms with Gasteiger partial charge in [-0.3, -0.25) is 9.36 Å². The van der Waals surface area contributed by atoms with Crippen molar-refractivity contribution < 1.29 is 18.0 Å². The van der Waals surface area contributed by atoms with Crippen LogP contribution in [0.25, 0.3) is 21.9 Å². The van der Waals surface area contributed by atoms with Crippen molar-refractivity contribution in [2.75, 3.05) is 18.9 Å². The van der Waals surface area contributed by atoms with E-state index in [1.165, 1.54) is 0 Å². The molecule has 0 aliphatic carbocycles. The van der Waals surface area contributed by atoms with Gasteiger partial charge in [-0.1, -0.05) is 12.1 Å². The molecule has 23 heavy (non-hydrogen) atoms. The first-order valence-corrected chi connectivity index (χ1v) is 8.78. The highest BCUT2D eigenvalue weighted by molar-refractivity contribution is 7.63. The van der Waals surface area contributed by atoms with Crippen LogP contribution >= 0.6 is 7.60 Å². The normalized spacial score (nSPS) is 12.3. The summed E-state index contributed by atoms with van der Waals surface area (Å²) in [6.07, 6.45) is 0. The highest BCUT2D eigenvalue weighted by Crippen LogP contribution is 2.50. The first kappa shape index (κ1) is 15.8. The predicted molar refractivity (Wildman–Crippen MR) is 89.2 cm³/mol. The number of furan rings is 1. The molecule has 0 fully saturated rings. The maximum atomic E-state index is 13.1. The molecule has 0 unspecified atom stereocenters. The first-order valence-electron chi connectivity index (χ1n) is 7.24. The standard InChI is InChI=1S/C15H17N2O5P/c1-3-20-23(19,21-4-2)13-11-12(22-14(13)16)9-7-5-6-8-10(9)17-15(11)18/h5-8H,3-4,16H2,1-2H3,(H,17,18). The number of rotatable bonds is 5. The van der Waals surface area contributed by atoms with Crippen LogP contribution < -0.4 is 16.6 Å². The number of aromatic amines is 1. The molecule has 0 amide bonds. The number of aromatic nitrogens is 1. The summed E-state index contributed by atoms with van der Waals surface area (Å²) >= 11 is 0. The van der Waals surface area contributed by atoms with Crippen LogP contribution in [0.1, 0.15) is 13.8 Å². The molecule has 0 aliphatic rings. The van der Waals surface area contributed by atoms with Gasteiger partial charge in [-0.15, -0.1) is 0 Å². The van der Waals surface area contributed by atoms with Gasteiger partial charge in [-0.25, -0.2) is 0 Å². The van der Waals surface area contributed by atoms with Gasteiger partial charge in [0.05, 0.1) is 18.7 Å². The van der Waals surface area contributed by atoms with E-state index in [4.69, 9.17) is 19.2 Å². The highest BCUT2D eigenvalue weighted by Gasteiger charge is 2.36. The van der Waals surface area contributed by atoms with Crippen molar-refractivity contribution in [1.82, 2.24) is 4.98 Å². The summed E-state index contributed by atoms with van der Waals surface area (Å²) in [6, 6.07) is 7.14. The van der Waals surface area contributed by atoms with Crippen LogP contribution in [0.15, 0.2) is 33.5 Å². The molecule has 0 aliphatic heterocycles. The third kappa shape index (κ3) is 2.47. The summed E-state index contributed by atoms with van der Waals surface area (Å²) < 4.78 is 29.2. The Hall–Kier alpha value is -2.08. The van der Waals surface area contributed by atoms with Gasteiger partial charge in [-0.05, 0) is 26.0 Å². The molecular weight excluding hydrogens is 319 g/mol. The molecule has 7 nitrogen and oxygen atoms in total. The van der Waals surface area contributed by atoms with Crippen LogP contribution in [0.4, 0.5) is 5.88 Å². The van der Waals surface area contributed by atoms with Crippen LogP contribution in [-0.4, -0.2) is 18.2 Å². The monoisotopic (exact) mass is 336 g/mol. The van der Waals surface area contributed by atoms with Crippen molar-refractivity contribution in [3.05, 3.63) is 34.6 Å². The zero-order valence-electron chi connectivity index (χ0n) is 12.8. The number of anilines is 1. The fourth-order valence-corrected chi connectivity index (χ4v) is 4.40. The molecular formula is C15H17N2O5P. The molecule has 3 rings (SSSR count). The van der Waals surface area contributed by atoms with E-state index in [1.807, 2.05) is 6.07 Å². The number of H-pyrrole nitrogens is 1. The lowest BCUT2D eigenvalue weighted by Gasteiger charge is -2.16. The third-order valence-electron chi connectivity index (χ3n) is 3.43. The van der Waals surface area contributed by atoms with Crippen molar-refractivity contribution in [2.24, 2.45) is 0 Å². The topological polar surface area (TPSA) is 108 Å². The van der Waals surface area contributed by atoms with Crippen molar-refractivity contribution in [1.29, 1.82) is 0 Å². The summed E-state index contributed by atoms with van der Waals surface area (Å²) in [7, 11) is -3.75. The summed E-state index contributed by atoms with van der Waals surface area (Å²) in [6.45, 7) is 3.66. The molecule has 0 spiro atoms. The minimum Gasteiger partial charge on any atom is -0.439 e. The molecule has 0 saturated carbocycles. The maximum absolute atomic E-state index is 13.1. The zero-order chi connectivity index (χ0) is 16.6. The second-order valence-electron chi connectivity index (χ2n) is 4.85. The molecule has 8 heteroatoms. The predicted octanol–water partition coefficient (Wildman–Crippen LogP) is 2.75. The lowest BCUT2D eigenvalue weighted by Crippen LogP contribution is -2.19. The fourth-order valence-electron chi connectivity index (χ4n) is 2.59. The van der Waals surface area contributed by atoms with E-state index in [1.54, 1.807) is 32.0 Å². The summed E-state index contributed by atoms with van der Waals surface area (Å²) in [5.41, 5.74) is 6.34.